The lowest BCUT2D eigenvalue weighted by molar-refractivity contribution is 0.102. The van der Waals surface area contributed by atoms with Gasteiger partial charge in [0.15, 0.2) is 0 Å². The molecule has 1 amide bonds. The van der Waals surface area contributed by atoms with E-state index in [-0.39, 0.29) is 6.61 Å². The van der Waals surface area contributed by atoms with Crippen LogP contribution in [0.15, 0.2) is 78.0 Å². The van der Waals surface area contributed by atoms with E-state index in [9.17, 15) is 13.6 Å². The van der Waals surface area contributed by atoms with Crippen molar-refractivity contribution < 1.29 is 18.3 Å². The molecular formula is C23H19F2N3O2S. The van der Waals surface area contributed by atoms with Crippen molar-refractivity contribution in [1.29, 1.82) is 0 Å². The highest BCUT2D eigenvalue weighted by atomic mass is 32.2. The maximum atomic E-state index is 12.8. The molecule has 8 heteroatoms. The van der Waals surface area contributed by atoms with Crippen LogP contribution in [0.4, 0.5) is 14.5 Å². The van der Waals surface area contributed by atoms with Gasteiger partial charge in [-0.05, 0) is 48.9 Å². The highest BCUT2D eigenvalue weighted by Gasteiger charge is 2.13. The summed E-state index contributed by atoms with van der Waals surface area (Å²) in [5, 5.41) is 2.69. The number of nitrogens with one attached hydrogen (secondary N) is 1. The van der Waals surface area contributed by atoms with Crippen molar-refractivity contribution in [2.45, 2.75) is 24.2 Å². The summed E-state index contributed by atoms with van der Waals surface area (Å²) in [6.45, 7) is 2.26. The van der Waals surface area contributed by atoms with Gasteiger partial charge in [0.2, 0.25) is 0 Å². The molecule has 0 aliphatic rings. The number of rotatable bonds is 7. The van der Waals surface area contributed by atoms with Crippen LogP contribution in [0.1, 0.15) is 21.6 Å². The Morgan fingerprint density at radius 2 is 1.97 bits per heavy atom. The van der Waals surface area contributed by atoms with Gasteiger partial charge in [-0.3, -0.25) is 4.79 Å². The van der Waals surface area contributed by atoms with Crippen LogP contribution < -0.4 is 10.1 Å². The predicted octanol–water partition coefficient (Wildman–Crippen LogP) is 5.79. The molecule has 1 N–H and O–H groups in total. The molecule has 0 saturated heterocycles. The van der Waals surface area contributed by atoms with Crippen LogP contribution in [-0.2, 0) is 6.61 Å². The Hall–Kier alpha value is -3.39. The molecule has 0 aliphatic carbocycles. The molecule has 0 radical (unpaired) electrons. The number of hydrogen-bond donors (Lipinski definition) is 1. The summed E-state index contributed by atoms with van der Waals surface area (Å²) in [6, 6.07) is 17.1. The van der Waals surface area contributed by atoms with Crippen molar-refractivity contribution in [2.24, 2.45) is 0 Å². The Morgan fingerprint density at radius 1 is 1.13 bits per heavy atom. The van der Waals surface area contributed by atoms with E-state index >= 15 is 0 Å². The number of fused-ring (bicyclic) bond motifs is 1. The van der Waals surface area contributed by atoms with Crippen molar-refractivity contribution in [2.75, 3.05) is 5.32 Å². The standard InChI is InChI=1S/C23H19F2N3O2S/c1-15-9-10-21-26-17(13-28(21)12-15)14-30-18-6-4-5-16(11-18)22(29)27-19-7-2-3-8-20(19)31-23(24)25/h2-13,23H,14H2,1H3,(H,27,29). The summed E-state index contributed by atoms with van der Waals surface area (Å²) in [4.78, 5) is 17.5. The summed E-state index contributed by atoms with van der Waals surface area (Å²) in [5.74, 6) is -2.47. The third-order valence-corrected chi connectivity index (χ3v) is 5.27. The Balaban J connectivity index is 1.44. The number of nitrogens with zero attached hydrogens (tertiary/aromatic N) is 2. The Labute approximate surface area is 182 Å². The number of pyridine rings is 1. The van der Waals surface area contributed by atoms with Crippen LogP contribution in [0, 0.1) is 6.92 Å². The minimum atomic E-state index is -2.57. The fourth-order valence-electron chi connectivity index (χ4n) is 3.07. The number of anilines is 1. The highest BCUT2D eigenvalue weighted by Crippen LogP contribution is 2.32. The average molecular weight is 439 g/mol. The van der Waals surface area contributed by atoms with Crippen LogP contribution in [-0.4, -0.2) is 21.0 Å². The molecule has 2 heterocycles. The van der Waals surface area contributed by atoms with Crippen molar-refractivity contribution in [1.82, 2.24) is 9.38 Å². The van der Waals surface area contributed by atoms with E-state index in [1.807, 2.05) is 35.9 Å². The third-order valence-electron chi connectivity index (χ3n) is 4.48. The number of ether oxygens (including phenoxy) is 1. The van der Waals surface area contributed by atoms with Crippen LogP contribution in [0.2, 0.25) is 0 Å². The molecule has 2 aromatic heterocycles. The number of para-hydroxylation sites is 1. The fraction of sp³-hybridized carbons (Fsp3) is 0.130. The number of thioether (sulfide) groups is 1. The Morgan fingerprint density at radius 3 is 2.81 bits per heavy atom. The highest BCUT2D eigenvalue weighted by molar-refractivity contribution is 7.99. The molecule has 0 atom stereocenters. The minimum Gasteiger partial charge on any atom is -0.487 e. The van der Waals surface area contributed by atoms with Crippen molar-refractivity contribution in [3.8, 4) is 5.75 Å². The number of hydrogen-bond acceptors (Lipinski definition) is 4. The summed E-state index contributed by atoms with van der Waals surface area (Å²) in [6.07, 6.45) is 3.89. The number of carbonyl (C=O) groups is 1. The second kappa shape index (κ2) is 9.18. The lowest BCUT2D eigenvalue weighted by atomic mass is 10.2. The maximum Gasteiger partial charge on any atom is 0.288 e. The van der Waals surface area contributed by atoms with Crippen LogP contribution in [0.3, 0.4) is 0 Å². The van der Waals surface area contributed by atoms with Gasteiger partial charge in [0.25, 0.3) is 11.7 Å². The van der Waals surface area contributed by atoms with E-state index in [0.717, 1.165) is 16.9 Å². The molecule has 4 rings (SSSR count). The summed E-state index contributed by atoms with van der Waals surface area (Å²) >= 11 is 0.392. The molecule has 4 aromatic rings. The molecule has 0 bridgehead atoms. The molecular weight excluding hydrogens is 420 g/mol. The van der Waals surface area contributed by atoms with Crippen molar-refractivity contribution in [3.63, 3.8) is 0 Å². The van der Waals surface area contributed by atoms with Gasteiger partial charge in [0, 0.05) is 22.9 Å². The van der Waals surface area contributed by atoms with Gasteiger partial charge in [0.1, 0.15) is 18.0 Å². The topological polar surface area (TPSA) is 55.6 Å². The maximum absolute atomic E-state index is 12.8. The van der Waals surface area contributed by atoms with E-state index in [1.165, 1.54) is 0 Å². The van der Waals surface area contributed by atoms with Gasteiger partial charge >= 0.3 is 0 Å². The van der Waals surface area contributed by atoms with Crippen LogP contribution in [0.5, 0.6) is 5.75 Å². The number of halogens is 2. The second-order valence-electron chi connectivity index (χ2n) is 6.85. The zero-order valence-corrected chi connectivity index (χ0v) is 17.4. The molecule has 0 saturated carbocycles. The van der Waals surface area contributed by atoms with E-state index in [2.05, 4.69) is 10.3 Å². The number of aryl methyl sites for hydroxylation is 1. The van der Waals surface area contributed by atoms with Gasteiger partial charge in [-0.15, -0.1) is 0 Å². The van der Waals surface area contributed by atoms with Gasteiger partial charge in [-0.2, -0.15) is 8.78 Å². The molecule has 0 aliphatic heterocycles. The first-order valence-electron chi connectivity index (χ1n) is 9.50. The molecule has 0 fully saturated rings. The molecule has 0 spiro atoms. The minimum absolute atomic E-state index is 0.250. The van der Waals surface area contributed by atoms with Gasteiger partial charge < -0.3 is 14.5 Å². The third kappa shape index (κ3) is 5.21. The first-order chi connectivity index (χ1) is 15.0. The number of amides is 1. The number of carbonyl (C=O) groups excluding carboxylic acids is 1. The SMILES string of the molecule is Cc1ccc2nc(COc3cccc(C(=O)Nc4ccccc4SC(F)F)c3)cn2c1. The zero-order chi connectivity index (χ0) is 21.8. The van der Waals surface area contributed by atoms with Crippen molar-refractivity contribution >= 4 is 29.0 Å². The van der Waals surface area contributed by atoms with E-state index in [1.54, 1.807) is 48.5 Å². The Bertz CT molecular complexity index is 1230. The largest absolute Gasteiger partial charge is 0.487 e. The monoisotopic (exact) mass is 439 g/mol. The zero-order valence-electron chi connectivity index (χ0n) is 16.6. The molecule has 158 valence electrons. The van der Waals surface area contributed by atoms with E-state index in [0.29, 0.717) is 33.7 Å². The number of alkyl halides is 2. The summed E-state index contributed by atoms with van der Waals surface area (Å²) in [7, 11) is 0. The molecule has 0 unspecified atom stereocenters. The fourth-order valence-corrected chi connectivity index (χ4v) is 3.67. The second-order valence-corrected chi connectivity index (χ2v) is 7.88. The lowest BCUT2D eigenvalue weighted by Gasteiger charge is -2.11. The summed E-state index contributed by atoms with van der Waals surface area (Å²) < 4.78 is 33.3. The Kier molecular flexibility index (Phi) is 6.18. The van der Waals surface area contributed by atoms with Crippen LogP contribution >= 0.6 is 11.8 Å². The molecule has 5 nitrogen and oxygen atoms in total. The number of aromatic nitrogens is 2. The lowest BCUT2D eigenvalue weighted by Crippen LogP contribution is -2.12. The first kappa shape index (κ1) is 20.9. The van der Waals surface area contributed by atoms with Crippen molar-refractivity contribution in [3.05, 3.63) is 89.9 Å². The number of benzene rings is 2. The first-order valence-corrected chi connectivity index (χ1v) is 10.4. The quantitative estimate of drug-likeness (QED) is 0.371. The van der Waals surface area contributed by atoms with Gasteiger partial charge in [-0.1, -0.05) is 36.0 Å². The summed E-state index contributed by atoms with van der Waals surface area (Å²) in [5.41, 5.74) is 3.42. The number of imidazole rings is 1. The van der Waals surface area contributed by atoms with E-state index < -0.39 is 11.7 Å². The smallest absolute Gasteiger partial charge is 0.288 e. The molecule has 31 heavy (non-hydrogen) atoms. The van der Waals surface area contributed by atoms with E-state index in [4.69, 9.17) is 4.74 Å². The molecule has 2 aromatic carbocycles. The normalized spacial score (nSPS) is 11.1. The average Bonchev–Trinajstić information content (AvgIpc) is 3.15. The predicted molar refractivity (Wildman–Crippen MR) is 117 cm³/mol. The van der Waals surface area contributed by atoms with Gasteiger partial charge in [-0.25, -0.2) is 4.98 Å². The van der Waals surface area contributed by atoms with Gasteiger partial charge in [0.05, 0.1) is 11.4 Å². The van der Waals surface area contributed by atoms with Crippen LogP contribution in [0.25, 0.3) is 5.65 Å².